The van der Waals surface area contributed by atoms with Crippen molar-refractivity contribution in [3.05, 3.63) is 36.2 Å². The van der Waals surface area contributed by atoms with Crippen LogP contribution in [-0.4, -0.2) is 39.5 Å². The summed E-state index contributed by atoms with van der Waals surface area (Å²) in [6.45, 7) is 0.342. The van der Waals surface area contributed by atoms with Crippen LogP contribution in [0.1, 0.15) is 23.3 Å². The molecule has 0 aliphatic carbocycles. The molecule has 2 aromatic rings. The minimum absolute atomic E-state index is 0.233. The normalized spacial score (nSPS) is 12.0. The summed E-state index contributed by atoms with van der Waals surface area (Å²) in [6.07, 6.45) is 2.21. The molecule has 0 aliphatic heterocycles. The Morgan fingerprint density at radius 2 is 2.00 bits per heavy atom. The van der Waals surface area contributed by atoms with Gasteiger partial charge in [-0.1, -0.05) is 12.1 Å². The fourth-order valence-electron chi connectivity index (χ4n) is 1.80. The quantitative estimate of drug-likeness (QED) is 0.668. The van der Waals surface area contributed by atoms with Crippen LogP contribution >= 0.6 is 0 Å². The maximum absolute atomic E-state index is 11.9. The summed E-state index contributed by atoms with van der Waals surface area (Å²) in [4.78, 5) is 30.8. The maximum atomic E-state index is 11.9. The lowest BCUT2D eigenvalue weighted by Gasteiger charge is -2.07. The van der Waals surface area contributed by atoms with Gasteiger partial charge in [0.15, 0.2) is 0 Å². The number of carbonyl (C=O) groups excluding carboxylic acids is 1. The lowest BCUT2D eigenvalue weighted by molar-refractivity contribution is -0.138. The molecule has 1 aromatic carbocycles. The van der Waals surface area contributed by atoms with Crippen molar-refractivity contribution in [2.75, 3.05) is 6.54 Å². The van der Waals surface area contributed by atoms with Crippen molar-refractivity contribution in [3.8, 4) is 0 Å². The van der Waals surface area contributed by atoms with Crippen molar-refractivity contribution < 1.29 is 14.7 Å². The van der Waals surface area contributed by atoms with Crippen molar-refractivity contribution in [1.82, 2.24) is 15.3 Å². The largest absolute Gasteiger partial charge is 0.480 e. The molecule has 1 heterocycles. The number of aliphatic carboxylic acids is 1. The molecule has 21 heavy (non-hydrogen) atoms. The van der Waals surface area contributed by atoms with Crippen LogP contribution in [-0.2, 0) is 4.79 Å². The number of nitrogens with zero attached hydrogens (tertiary/aromatic N) is 2. The van der Waals surface area contributed by atoms with Crippen LogP contribution < -0.4 is 11.1 Å². The predicted molar refractivity (Wildman–Crippen MR) is 76.7 cm³/mol. The highest BCUT2D eigenvalue weighted by molar-refractivity contribution is 5.93. The van der Waals surface area contributed by atoms with Gasteiger partial charge in [-0.2, -0.15) is 0 Å². The van der Waals surface area contributed by atoms with Gasteiger partial charge in [0, 0.05) is 6.54 Å². The minimum Gasteiger partial charge on any atom is -0.480 e. The molecule has 0 saturated heterocycles. The molecule has 4 N–H and O–H groups in total. The summed E-state index contributed by atoms with van der Waals surface area (Å²) in [7, 11) is 0. The third kappa shape index (κ3) is 3.96. The third-order valence-corrected chi connectivity index (χ3v) is 2.98. The zero-order valence-electron chi connectivity index (χ0n) is 11.3. The predicted octanol–water partition coefficient (Wildman–Crippen LogP) is 0.552. The molecular formula is C14H16N4O3. The van der Waals surface area contributed by atoms with E-state index in [0.29, 0.717) is 24.9 Å². The second-order valence-electron chi connectivity index (χ2n) is 4.59. The van der Waals surface area contributed by atoms with Crippen LogP contribution in [0, 0.1) is 0 Å². The fraction of sp³-hybridized carbons (Fsp3) is 0.286. The Hall–Kier alpha value is -2.54. The van der Waals surface area contributed by atoms with Crippen molar-refractivity contribution in [3.63, 3.8) is 0 Å². The Kier molecular flexibility index (Phi) is 4.78. The van der Waals surface area contributed by atoms with E-state index in [4.69, 9.17) is 10.8 Å². The van der Waals surface area contributed by atoms with Gasteiger partial charge in [0.1, 0.15) is 11.7 Å². The molecule has 2 rings (SSSR count). The van der Waals surface area contributed by atoms with Crippen molar-refractivity contribution in [2.24, 2.45) is 5.73 Å². The Morgan fingerprint density at radius 1 is 1.29 bits per heavy atom. The van der Waals surface area contributed by atoms with E-state index in [-0.39, 0.29) is 11.6 Å². The number of para-hydroxylation sites is 2. The first-order valence-electron chi connectivity index (χ1n) is 6.56. The Labute approximate surface area is 121 Å². The third-order valence-electron chi connectivity index (χ3n) is 2.98. The molecule has 1 aromatic heterocycles. The number of nitrogens with two attached hydrogens (primary N) is 1. The van der Waals surface area contributed by atoms with Crippen molar-refractivity contribution >= 4 is 22.9 Å². The molecular weight excluding hydrogens is 272 g/mol. The summed E-state index contributed by atoms with van der Waals surface area (Å²) < 4.78 is 0. The summed E-state index contributed by atoms with van der Waals surface area (Å²) in [6, 6.07) is 6.37. The Bertz CT molecular complexity index is 659. The Morgan fingerprint density at radius 3 is 2.71 bits per heavy atom. The minimum atomic E-state index is -1.04. The Balaban J connectivity index is 1.89. The van der Waals surface area contributed by atoms with Crippen LogP contribution in [0.3, 0.4) is 0 Å². The number of carboxylic acid groups (broad SMARTS) is 1. The number of nitrogens with one attached hydrogen (secondary N) is 1. The number of amides is 1. The number of carbonyl (C=O) groups is 2. The summed E-state index contributed by atoms with van der Waals surface area (Å²) in [5.41, 5.74) is 6.98. The van der Waals surface area contributed by atoms with Gasteiger partial charge in [-0.25, -0.2) is 4.98 Å². The van der Waals surface area contributed by atoms with Gasteiger partial charge in [0.05, 0.1) is 17.2 Å². The van der Waals surface area contributed by atoms with E-state index in [1.54, 1.807) is 6.07 Å². The molecule has 0 aliphatic rings. The topological polar surface area (TPSA) is 118 Å². The second-order valence-corrected chi connectivity index (χ2v) is 4.59. The van der Waals surface area contributed by atoms with E-state index in [1.807, 2.05) is 18.2 Å². The second kappa shape index (κ2) is 6.76. The first-order chi connectivity index (χ1) is 10.1. The van der Waals surface area contributed by atoms with Crippen LogP contribution in [0.15, 0.2) is 30.5 Å². The highest BCUT2D eigenvalue weighted by atomic mass is 16.4. The monoisotopic (exact) mass is 288 g/mol. The van der Waals surface area contributed by atoms with Gasteiger partial charge in [0.2, 0.25) is 0 Å². The molecule has 7 nitrogen and oxygen atoms in total. The highest BCUT2D eigenvalue weighted by Gasteiger charge is 2.12. The average Bonchev–Trinajstić information content (AvgIpc) is 2.50. The van der Waals surface area contributed by atoms with Crippen molar-refractivity contribution in [2.45, 2.75) is 18.9 Å². The van der Waals surface area contributed by atoms with Gasteiger partial charge in [-0.05, 0) is 25.0 Å². The molecule has 1 unspecified atom stereocenters. The number of rotatable bonds is 6. The van der Waals surface area contributed by atoms with Crippen molar-refractivity contribution in [1.29, 1.82) is 0 Å². The number of benzene rings is 1. The molecule has 110 valence electrons. The van der Waals surface area contributed by atoms with E-state index in [1.165, 1.54) is 6.20 Å². The van der Waals surface area contributed by atoms with Gasteiger partial charge in [-0.3, -0.25) is 14.6 Å². The fourth-order valence-corrected chi connectivity index (χ4v) is 1.80. The van der Waals surface area contributed by atoms with Crippen LogP contribution in [0.5, 0.6) is 0 Å². The molecule has 1 amide bonds. The van der Waals surface area contributed by atoms with E-state index in [9.17, 15) is 9.59 Å². The molecule has 0 saturated carbocycles. The first-order valence-corrected chi connectivity index (χ1v) is 6.56. The standard InChI is InChI=1S/C14H16N4O3/c15-9(14(20)21)4-3-7-16-13(19)12-8-17-10-5-1-2-6-11(10)18-12/h1-2,5-6,8-9H,3-4,7,15H2,(H,16,19)(H,20,21). The van der Waals surface area contributed by atoms with E-state index in [0.717, 1.165) is 5.52 Å². The number of hydrogen-bond acceptors (Lipinski definition) is 5. The summed E-state index contributed by atoms with van der Waals surface area (Å²) in [5, 5.41) is 11.3. The molecule has 1 atom stereocenters. The number of hydrogen-bond donors (Lipinski definition) is 3. The average molecular weight is 288 g/mol. The number of fused-ring (bicyclic) bond motifs is 1. The number of carboxylic acids is 1. The van der Waals surface area contributed by atoms with Gasteiger partial charge < -0.3 is 16.2 Å². The van der Waals surface area contributed by atoms with Gasteiger partial charge >= 0.3 is 5.97 Å². The van der Waals surface area contributed by atoms with Crippen LogP contribution in [0.4, 0.5) is 0 Å². The van der Waals surface area contributed by atoms with Crippen LogP contribution in [0.25, 0.3) is 11.0 Å². The van der Waals surface area contributed by atoms with E-state index in [2.05, 4.69) is 15.3 Å². The summed E-state index contributed by atoms with van der Waals surface area (Å²) >= 11 is 0. The zero-order valence-corrected chi connectivity index (χ0v) is 11.3. The lowest BCUT2D eigenvalue weighted by Crippen LogP contribution is -2.32. The number of aromatic nitrogens is 2. The molecule has 0 spiro atoms. The molecule has 0 bridgehead atoms. The van der Waals surface area contributed by atoms with E-state index >= 15 is 0 Å². The van der Waals surface area contributed by atoms with E-state index < -0.39 is 12.0 Å². The maximum Gasteiger partial charge on any atom is 0.320 e. The summed E-state index contributed by atoms with van der Waals surface area (Å²) in [5.74, 6) is -1.38. The molecule has 7 heteroatoms. The lowest BCUT2D eigenvalue weighted by atomic mass is 10.2. The molecule has 0 fully saturated rings. The smallest absolute Gasteiger partial charge is 0.320 e. The first kappa shape index (κ1) is 14.9. The SMILES string of the molecule is NC(CCCNC(=O)c1cnc2ccccc2n1)C(=O)O. The zero-order chi connectivity index (χ0) is 15.2. The van der Waals surface area contributed by atoms with Gasteiger partial charge in [-0.15, -0.1) is 0 Å². The van der Waals surface area contributed by atoms with Gasteiger partial charge in [0.25, 0.3) is 5.91 Å². The molecule has 0 radical (unpaired) electrons. The highest BCUT2D eigenvalue weighted by Crippen LogP contribution is 2.08. The van der Waals surface area contributed by atoms with Crippen LogP contribution in [0.2, 0.25) is 0 Å².